The zero-order chi connectivity index (χ0) is 16.2. The van der Waals surface area contributed by atoms with Crippen molar-refractivity contribution in [2.24, 2.45) is 0 Å². The van der Waals surface area contributed by atoms with E-state index in [2.05, 4.69) is 31.7 Å². The molecule has 1 aromatic rings. The first-order chi connectivity index (χ1) is 10.7. The fourth-order valence-electron chi connectivity index (χ4n) is 2.47. The first-order valence-electron chi connectivity index (χ1n) is 8.70. The zero-order valence-corrected chi connectivity index (χ0v) is 15.3. The standard InChI is InChI=1S/C19H31NOS/c1-4-7-13-20(14-8-5-2)15-16-22-19(21)18-12-10-9-11-17(18)6-3/h9-12H,4-8,13-16H2,1-3H3. The van der Waals surface area contributed by atoms with Crippen LogP contribution < -0.4 is 0 Å². The van der Waals surface area contributed by atoms with Crippen molar-refractivity contribution in [1.82, 2.24) is 4.90 Å². The zero-order valence-electron chi connectivity index (χ0n) is 14.4. The highest BCUT2D eigenvalue weighted by atomic mass is 32.2. The SMILES string of the molecule is CCCCN(CCCC)CCSC(=O)c1ccccc1CC. The third-order valence-electron chi connectivity index (χ3n) is 3.91. The van der Waals surface area contributed by atoms with Gasteiger partial charge in [0.1, 0.15) is 0 Å². The Balaban J connectivity index is 2.44. The van der Waals surface area contributed by atoms with Gasteiger partial charge in [-0.05, 0) is 37.9 Å². The van der Waals surface area contributed by atoms with E-state index in [4.69, 9.17) is 0 Å². The quantitative estimate of drug-likeness (QED) is 0.570. The van der Waals surface area contributed by atoms with E-state index in [9.17, 15) is 4.79 Å². The van der Waals surface area contributed by atoms with Crippen LogP contribution in [0.15, 0.2) is 24.3 Å². The molecular weight excluding hydrogens is 290 g/mol. The molecule has 0 aliphatic rings. The number of hydrogen-bond acceptors (Lipinski definition) is 3. The van der Waals surface area contributed by atoms with E-state index in [0.717, 1.165) is 42.9 Å². The van der Waals surface area contributed by atoms with Gasteiger partial charge in [0.15, 0.2) is 0 Å². The van der Waals surface area contributed by atoms with Crippen molar-refractivity contribution < 1.29 is 4.79 Å². The van der Waals surface area contributed by atoms with Crippen molar-refractivity contribution in [1.29, 1.82) is 0 Å². The molecule has 22 heavy (non-hydrogen) atoms. The fourth-order valence-corrected chi connectivity index (χ4v) is 3.36. The van der Waals surface area contributed by atoms with Gasteiger partial charge in [-0.15, -0.1) is 0 Å². The Labute approximate surface area is 140 Å². The van der Waals surface area contributed by atoms with Gasteiger partial charge in [0.2, 0.25) is 5.12 Å². The molecule has 1 rings (SSSR count). The predicted molar refractivity (Wildman–Crippen MR) is 98.9 cm³/mol. The van der Waals surface area contributed by atoms with Gasteiger partial charge in [0.25, 0.3) is 0 Å². The Kier molecular flexibility index (Phi) is 10.3. The van der Waals surface area contributed by atoms with Gasteiger partial charge < -0.3 is 4.90 Å². The Hall–Kier alpha value is -0.800. The average Bonchev–Trinajstić information content (AvgIpc) is 2.56. The summed E-state index contributed by atoms with van der Waals surface area (Å²) in [7, 11) is 0. The third-order valence-corrected chi connectivity index (χ3v) is 4.78. The third kappa shape index (κ3) is 6.97. The van der Waals surface area contributed by atoms with Crippen LogP contribution >= 0.6 is 11.8 Å². The molecule has 0 aromatic heterocycles. The molecule has 0 atom stereocenters. The molecule has 0 saturated carbocycles. The van der Waals surface area contributed by atoms with E-state index < -0.39 is 0 Å². The molecule has 0 bridgehead atoms. The lowest BCUT2D eigenvalue weighted by atomic mass is 10.1. The van der Waals surface area contributed by atoms with Crippen molar-refractivity contribution >= 4 is 16.9 Å². The second-order valence-corrected chi connectivity index (χ2v) is 6.76. The second kappa shape index (κ2) is 11.7. The highest BCUT2D eigenvalue weighted by Crippen LogP contribution is 2.17. The summed E-state index contributed by atoms with van der Waals surface area (Å²) in [5.41, 5.74) is 2.05. The molecule has 1 aromatic carbocycles. The summed E-state index contributed by atoms with van der Waals surface area (Å²) in [5, 5.41) is 0.225. The first kappa shape index (κ1) is 19.2. The van der Waals surface area contributed by atoms with E-state index in [-0.39, 0.29) is 5.12 Å². The van der Waals surface area contributed by atoms with Crippen LogP contribution in [-0.4, -0.2) is 35.4 Å². The molecule has 0 spiro atoms. The first-order valence-corrected chi connectivity index (χ1v) is 9.68. The van der Waals surface area contributed by atoms with Crippen LogP contribution in [0.4, 0.5) is 0 Å². The van der Waals surface area contributed by atoms with Gasteiger partial charge in [-0.3, -0.25) is 4.79 Å². The van der Waals surface area contributed by atoms with Crippen LogP contribution in [0.25, 0.3) is 0 Å². The molecule has 124 valence electrons. The average molecular weight is 322 g/mol. The van der Waals surface area contributed by atoms with Crippen molar-refractivity contribution in [3.8, 4) is 0 Å². The molecule has 0 radical (unpaired) electrons. The number of hydrogen-bond donors (Lipinski definition) is 0. The Morgan fingerprint density at radius 3 is 2.23 bits per heavy atom. The summed E-state index contributed by atoms with van der Waals surface area (Å²) >= 11 is 1.47. The lowest BCUT2D eigenvalue weighted by Gasteiger charge is -2.21. The minimum atomic E-state index is 0.225. The maximum Gasteiger partial charge on any atom is 0.219 e. The summed E-state index contributed by atoms with van der Waals surface area (Å²) in [5.74, 6) is 0.893. The maximum atomic E-state index is 12.4. The van der Waals surface area contributed by atoms with Crippen molar-refractivity contribution in [2.45, 2.75) is 52.9 Å². The largest absolute Gasteiger partial charge is 0.303 e. The Morgan fingerprint density at radius 1 is 1.00 bits per heavy atom. The van der Waals surface area contributed by atoms with Crippen LogP contribution in [0.3, 0.4) is 0 Å². The van der Waals surface area contributed by atoms with Crippen LogP contribution in [0, 0.1) is 0 Å². The molecule has 0 heterocycles. The van der Waals surface area contributed by atoms with E-state index >= 15 is 0 Å². The molecule has 3 heteroatoms. The number of benzene rings is 1. The van der Waals surface area contributed by atoms with Crippen LogP contribution in [0.5, 0.6) is 0 Å². The number of carbonyl (C=O) groups excluding carboxylic acids is 1. The summed E-state index contributed by atoms with van der Waals surface area (Å²) in [4.78, 5) is 14.9. The number of aryl methyl sites for hydroxylation is 1. The number of thioether (sulfide) groups is 1. The summed E-state index contributed by atoms with van der Waals surface area (Å²) < 4.78 is 0. The fraction of sp³-hybridized carbons (Fsp3) is 0.632. The van der Waals surface area contributed by atoms with Crippen molar-refractivity contribution in [2.75, 3.05) is 25.4 Å². The summed E-state index contributed by atoms with van der Waals surface area (Å²) in [6.45, 7) is 9.92. The van der Waals surface area contributed by atoms with Gasteiger partial charge >= 0.3 is 0 Å². The Bertz CT molecular complexity index is 425. The molecule has 2 nitrogen and oxygen atoms in total. The van der Waals surface area contributed by atoms with Crippen LogP contribution in [0.1, 0.15) is 62.4 Å². The molecule has 0 N–H and O–H groups in total. The molecule has 0 aliphatic heterocycles. The van der Waals surface area contributed by atoms with E-state index in [1.165, 1.54) is 37.4 Å². The van der Waals surface area contributed by atoms with E-state index in [1.807, 2.05) is 18.2 Å². The van der Waals surface area contributed by atoms with E-state index in [1.54, 1.807) is 0 Å². The molecule has 0 saturated heterocycles. The highest BCUT2D eigenvalue weighted by molar-refractivity contribution is 8.14. The highest BCUT2D eigenvalue weighted by Gasteiger charge is 2.11. The van der Waals surface area contributed by atoms with E-state index in [0.29, 0.717) is 0 Å². The Morgan fingerprint density at radius 2 is 1.64 bits per heavy atom. The molecule has 0 amide bonds. The molecular formula is C19H31NOS. The van der Waals surface area contributed by atoms with Gasteiger partial charge in [-0.25, -0.2) is 0 Å². The number of carbonyl (C=O) groups is 1. The second-order valence-electron chi connectivity index (χ2n) is 5.70. The smallest absolute Gasteiger partial charge is 0.219 e. The van der Waals surface area contributed by atoms with Crippen LogP contribution in [0.2, 0.25) is 0 Å². The topological polar surface area (TPSA) is 20.3 Å². The minimum absolute atomic E-state index is 0.225. The predicted octanol–water partition coefficient (Wildman–Crippen LogP) is 5.02. The lowest BCUT2D eigenvalue weighted by Crippen LogP contribution is -2.28. The van der Waals surface area contributed by atoms with Gasteiger partial charge in [-0.1, -0.05) is 69.6 Å². The lowest BCUT2D eigenvalue weighted by molar-refractivity contribution is 0.108. The van der Waals surface area contributed by atoms with Gasteiger partial charge in [0, 0.05) is 17.9 Å². The van der Waals surface area contributed by atoms with Gasteiger partial charge in [-0.2, -0.15) is 0 Å². The number of rotatable bonds is 11. The minimum Gasteiger partial charge on any atom is -0.303 e. The molecule has 0 fully saturated rings. The molecule has 0 aliphatic carbocycles. The summed E-state index contributed by atoms with van der Waals surface area (Å²) in [6.07, 6.45) is 5.89. The normalized spacial score (nSPS) is 11.1. The maximum absolute atomic E-state index is 12.4. The van der Waals surface area contributed by atoms with Crippen molar-refractivity contribution in [3.05, 3.63) is 35.4 Å². The molecule has 0 unspecified atom stereocenters. The number of nitrogens with zero attached hydrogens (tertiary/aromatic N) is 1. The van der Waals surface area contributed by atoms with Crippen molar-refractivity contribution in [3.63, 3.8) is 0 Å². The summed E-state index contributed by atoms with van der Waals surface area (Å²) in [6, 6.07) is 7.99. The number of unbranched alkanes of at least 4 members (excludes halogenated alkanes) is 2. The van der Waals surface area contributed by atoms with Crippen LogP contribution in [-0.2, 0) is 6.42 Å². The monoisotopic (exact) mass is 321 g/mol. The van der Waals surface area contributed by atoms with Gasteiger partial charge in [0.05, 0.1) is 0 Å².